The molecule has 2 heterocycles. The van der Waals surface area contributed by atoms with E-state index in [-0.39, 0.29) is 13.0 Å². The number of aliphatic hydroxyl groups excluding tert-OH is 2. The van der Waals surface area contributed by atoms with Crippen LogP contribution in [0, 0.1) is 0 Å². The van der Waals surface area contributed by atoms with Crippen LogP contribution in [0.1, 0.15) is 32.4 Å². The van der Waals surface area contributed by atoms with Gasteiger partial charge in [0, 0.05) is 18.7 Å². The van der Waals surface area contributed by atoms with Gasteiger partial charge in [0.1, 0.15) is 24.9 Å². The predicted octanol–water partition coefficient (Wildman–Crippen LogP) is -0.555. The van der Waals surface area contributed by atoms with Crippen molar-refractivity contribution in [2.75, 3.05) is 6.61 Å². The number of aromatic amines is 1. The zero-order valence-corrected chi connectivity index (χ0v) is 13.8. The Balaban J connectivity index is 1.93. The molecule has 0 radical (unpaired) electrons. The molecule has 0 amide bonds. The second kappa shape index (κ2) is 8.75. The number of allylic oxidation sites excluding steroid dienone is 2. The molecule has 1 aromatic heterocycles. The van der Waals surface area contributed by atoms with E-state index in [1.54, 1.807) is 0 Å². The van der Waals surface area contributed by atoms with E-state index in [0.717, 1.165) is 23.3 Å². The quantitative estimate of drug-likeness (QED) is 0.442. The van der Waals surface area contributed by atoms with Gasteiger partial charge in [0.15, 0.2) is 6.23 Å². The molecule has 1 aromatic rings. The minimum absolute atomic E-state index is 0.199. The lowest BCUT2D eigenvalue weighted by molar-refractivity contribution is -0.150. The Kier molecular flexibility index (Phi) is 6.68. The number of esters is 1. The van der Waals surface area contributed by atoms with Crippen LogP contribution in [-0.2, 0) is 14.3 Å². The van der Waals surface area contributed by atoms with Gasteiger partial charge in [-0.2, -0.15) is 0 Å². The van der Waals surface area contributed by atoms with Gasteiger partial charge < -0.3 is 19.7 Å². The first kappa shape index (κ1) is 19.1. The SMILES string of the molecule is CC/C=C\CCC(=O)OCC1O[C@@H](n2ccc(=O)[nH]c2=O)C(O)C1O. The van der Waals surface area contributed by atoms with Gasteiger partial charge >= 0.3 is 11.7 Å². The number of hydrogen-bond acceptors (Lipinski definition) is 7. The molecule has 0 aromatic carbocycles. The molecule has 0 spiro atoms. The third-order valence-corrected chi connectivity index (χ3v) is 3.79. The molecule has 1 aliphatic rings. The van der Waals surface area contributed by atoms with Crippen molar-refractivity contribution in [1.82, 2.24) is 9.55 Å². The third kappa shape index (κ3) is 4.88. The van der Waals surface area contributed by atoms with Gasteiger partial charge in [0.25, 0.3) is 5.56 Å². The molecule has 1 aliphatic heterocycles. The van der Waals surface area contributed by atoms with E-state index in [9.17, 15) is 24.6 Å². The average molecular weight is 354 g/mol. The Labute approximate surface area is 143 Å². The van der Waals surface area contributed by atoms with Gasteiger partial charge in [-0.15, -0.1) is 0 Å². The highest BCUT2D eigenvalue weighted by Crippen LogP contribution is 2.28. The summed E-state index contributed by atoms with van der Waals surface area (Å²) in [5, 5.41) is 20.1. The Hall–Kier alpha value is -2.23. The number of nitrogens with zero attached hydrogens (tertiary/aromatic N) is 1. The molecule has 1 fully saturated rings. The van der Waals surface area contributed by atoms with Crippen molar-refractivity contribution >= 4 is 5.97 Å². The Morgan fingerprint density at radius 1 is 1.36 bits per heavy atom. The molecule has 138 valence electrons. The molecular weight excluding hydrogens is 332 g/mol. The molecule has 25 heavy (non-hydrogen) atoms. The number of nitrogens with one attached hydrogen (secondary N) is 1. The van der Waals surface area contributed by atoms with Crippen LogP contribution < -0.4 is 11.2 Å². The van der Waals surface area contributed by atoms with Crippen LogP contribution in [0.4, 0.5) is 0 Å². The summed E-state index contributed by atoms with van der Waals surface area (Å²) in [6.45, 7) is 1.74. The molecule has 3 N–H and O–H groups in total. The predicted molar refractivity (Wildman–Crippen MR) is 86.9 cm³/mol. The zero-order chi connectivity index (χ0) is 18.4. The van der Waals surface area contributed by atoms with Gasteiger partial charge in [0.2, 0.25) is 0 Å². The van der Waals surface area contributed by atoms with Crippen molar-refractivity contribution < 1.29 is 24.5 Å². The summed E-state index contributed by atoms with van der Waals surface area (Å²) in [5.74, 6) is -0.448. The number of ether oxygens (including phenoxy) is 2. The van der Waals surface area contributed by atoms with Crippen molar-refractivity contribution in [3.63, 3.8) is 0 Å². The van der Waals surface area contributed by atoms with E-state index in [2.05, 4.69) is 0 Å². The number of aromatic nitrogens is 2. The first-order valence-electron chi connectivity index (χ1n) is 8.07. The van der Waals surface area contributed by atoms with E-state index < -0.39 is 41.8 Å². The van der Waals surface area contributed by atoms with Gasteiger partial charge in [-0.25, -0.2) is 4.79 Å². The zero-order valence-electron chi connectivity index (χ0n) is 13.8. The topological polar surface area (TPSA) is 131 Å². The Morgan fingerprint density at radius 2 is 2.12 bits per heavy atom. The van der Waals surface area contributed by atoms with E-state index >= 15 is 0 Å². The summed E-state index contributed by atoms with van der Waals surface area (Å²) in [5.41, 5.74) is -1.36. The maximum Gasteiger partial charge on any atom is 0.330 e. The van der Waals surface area contributed by atoms with Crippen LogP contribution in [0.3, 0.4) is 0 Å². The summed E-state index contributed by atoms with van der Waals surface area (Å²) in [6, 6.07) is 1.10. The second-order valence-corrected chi connectivity index (χ2v) is 5.67. The van der Waals surface area contributed by atoms with Crippen LogP contribution >= 0.6 is 0 Å². The number of carbonyl (C=O) groups excluding carboxylic acids is 1. The fourth-order valence-electron chi connectivity index (χ4n) is 2.46. The van der Waals surface area contributed by atoms with Gasteiger partial charge in [-0.05, 0) is 12.8 Å². The fraction of sp³-hybridized carbons (Fsp3) is 0.562. The average Bonchev–Trinajstić information content (AvgIpc) is 2.85. The Morgan fingerprint density at radius 3 is 2.80 bits per heavy atom. The summed E-state index contributed by atoms with van der Waals surface area (Å²) in [4.78, 5) is 36.5. The molecule has 0 saturated carbocycles. The first-order valence-corrected chi connectivity index (χ1v) is 8.07. The highest BCUT2D eigenvalue weighted by Gasteiger charge is 2.44. The summed E-state index contributed by atoms with van der Waals surface area (Å²) in [6.07, 6.45) is 1.73. The molecule has 3 unspecified atom stereocenters. The van der Waals surface area contributed by atoms with E-state index in [0.29, 0.717) is 6.42 Å². The molecule has 0 bridgehead atoms. The highest BCUT2D eigenvalue weighted by molar-refractivity contribution is 5.69. The summed E-state index contributed by atoms with van der Waals surface area (Å²) in [7, 11) is 0. The van der Waals surface area contributed by atoms with E-state index in [4.69, 9.17) is 9.47 Å². The van der Waals surface area contributed by atoms with Crippen LogP contribution in [0.25, 0.3) is 0 Å². The first-order chi connectivity index (χ1) is 11.9. The van der Waals surface area contributed by atoms with Crippen LogP contribution in [0.2, 0.25) is 0 Å². The lowest BCUT2D eigenvalue weighted by Gasteiger charge is -2.16. The Bertz CT molecular complexity index is 724. The molecule has 9 nitrogen and oxygen atoms in total. The van der Waals surface area contributed by atoms with Crippen molar-refractivity contribution in [1.29, 1.82) is 0 Å². The number of H-pyrrole nitrogens is 1. The lowest BCUT2D eigenvalue weighted by Crippen LogP contribution is -2.37. The highest BCUT2D eigenvalue weighted by atomic mass is 16.6. The van der Waals surface area contributed by atoms with Gasteiger partial charge in [-0.1, -0.05) is 19.1 Å². The minimum atomic E-state index is -1.40. The molecule has 1 saturated heterocycles. The van der Waals surface area contributed by atoms with Crippen molar-refractivity contribution in [3.8, 4) is 0 Å². The van der Waals surface area contributed by atoms with Crippen LogP contribution in [0.15, 0.2) is 34.0 Å². The van der Waals surface area contributed by atoms with Crippen molar-refractivity contribution in [2.24, 2.45) is 0 Å². The maximum absolute atomic E-state index is 11.8. The smallest absolute Gasteiger partial charge is 0.330 e. The van der Waals surface area contributed by atoms with Crippen molar-refractivity contribution in [3.05, 3.63) is 45.3 Å². The molecule has 4 atom stereocenters. The molecule has 9 heteroatoms. The van der Waals surface area contributed by atoms with Crippen molar-refractivity contribution in [2.45, 2.75) is 50.7 Å². The number of carbonyl (C=O) groups is 1. The van der Waals surface area contributed by atoms with Crippen LogP contribution in [-0.4, -0.2) is 50.7 Å². The van der Waals surface area contributed by atoms with E-state index in [1.807, 2.05) is 24.1 Å². The number of rotatable bonds is 7. The normalized spacial score (nSPS) is 26.2. The summed E-state index contributed by atoms with van der Waals surface area (Å²) < 4.78 is 11.4. The van der Waals surface area contributed by atoms with Gasteiger partial charge in [-0.3, -0.25) is 19.1 Å². The fourth-order valence-corrected chi connectivity index (χ4v) is 2.46. The van der Waals surface area contributed by atoms with E-state index in [1.165, 1.54) is 0 Å². The van der Waals surface area contributed by atoms with Crippen LogP contribution in [0.5, 0.6) is 0 Å². The largest absolute Gasteiger partial charge is 0.463 e. The molecule has 2 rings (SSSR count). The molecular formula is C16H22N2O7. The third-order valence-electron chi connectivity index (χ3n) is 3.79. The monoisotopic (exact) mass is 354 g/mol. The molecule has 0 aliphatic carbocycles. The lowest BCUT2D eigenvalue weighted by atomic mass is 10.1. The minimum Gasteiger partial charge on any atom is -0.463 e. The number of hydrogen-bond donors (Lipinski definition) is 3. The maximum atomic E-state index is 11.8. The summed E-state index contributed by atoms with van der Waals surface area (Å²) >= 11 is 0. The standard InChI is InChI=1S/C16H22N2O7/c1-2-3-4-5-6-12(20)24-9-10-13(21)14(22)15(25-10)18-8-7-11(19)17-16(18)23/h3-4,7-8,10,13-15,21-22H,2,5-6,9H2,1H3,(H,17,19,23)/b4-3-/t10?,13?,14?,15-/m1/s1. The number of aliphatic hydroxyl groups is 2. The van der Waals surface area contributed by atoms with Gasteiger partial charge in [0.05, 0.1) is 0 Å². The second-order valence-electron chi connectivity index (χ2n) is 5.67.